The third kappa shape index (κ3) is 8.53. The van der Waals surface area contributed by atoms with Crippen molar-refractivity contribution in [2.24, 2.45) is 0 Å². The topological polar surface area (TPSA) is 86.8 Å². The average molecular weight is 588 g/mol. The molecule has 0 saturated carbocycles. The minimum absolute atomic E-state index is 0.0428. The zero-order valence-electron chi connectivity index (χ0n) is 23.1. The highest BCUT2D eigenvalue weighted by Crippen LogP contribution is 2.25. The molecule has 3 aromatic rings. The first-order chi connectivity index (χ1) is 18.9. The van der Waals surface area contributed by atoms with Gasteiger partial charge in [0.25, 0.3) is 0 Å². The van der Waals surface area contributed by atoms with Gasteiger partial charge in [-0.25, -0.2) is 12.8 Å². The van der Waals surface area contributed by atoms with E-state index in [9.17, 15) is 22.4 Å². The zero-order valence-corrected chi connectivity index (χ0v) is 24.7. The number of nitrogens with zero attached hydrogens (tertiary/aromatic N) is 2. The lowest BCUT2D eigenvalue weighted by Gasteiger charge is -2.34. The van der Waals surface area contributed by atoms with E-state index in [1.54, 1.807) is 0 Å². The van der Waals surface area contributed by atoms with E-state index >= 15 is 0 Å². The van der Waals surface area contributed by atoms with Crippen LogP contribution in [0, 0.1) is 12.7 Å². The largest absolute Gasteiger partial charge is 0.352 e. The average Bonchev–Trinajstić information content (AvgIpc) is 2.91. The third-order valence-corrected chi connectivity index (χ3v) is 8.05. The Balaban J connectivity index is 2.06. The molecule has 2 amide bonds. The molecule has 214 valence electrons. The van der Waals surface area contributed by atoms with E-state index in [1.165, 1.54) is 11.0 Å². The number of carbonyl (C=O) groups excluding carboxylic acids is 2. The van der Waals surface area contributed by atoms with Crippen molar-refractivity contribution in [1.29, 1.82) is 0 Å². The number of hydrogen-bond acceptors (Lipinski definition) is 4. The fourth-order valence-corrected chi connectivity index (χ4v) is 5.16. The Bertz CT molecular complexity index is 1420. The Morgan fingerprint density at radius 2 is 1.65 bits per heavy atom. The molecule has 10 heteroatoms. The number of nitrogens with one attached hydrogen (secondary N) is 1. The molecule has 7 nitrogen and oxygen atoms in total. The quantitative estimate of drug-likeness (QED) is 0.319. The molecule has 0 unspecified atom stereocenters. The van der Waals surface area contributed by atoms with Crippen molar-refractivity contribution in [3.8, 4) is 0 Å². The predicted molar refractivity (Wildman–Crippen MR) is 157 cm³/mol. The lowest BCUT2D eigenvalue weighted by atomic mass is 10.0. The van der Waals surface area contributed by atoms with Gasteiger partial charge in [0.05, 0.1) is 17.0 Å². The summed E-state index contributed by atoms with van der Waals surface area (Å²) in [6.45, 7) is 5.25. The molecular weight excluding hydrogens is 553 g/mol. The van der Waals surface area contributed by atoms with Gasteiger partial charge in [0.15, 0.2) is 0 Å². The van der Waals surface area contributed by atoms with Gasteiger partial charge >= 0.3 is 0 Å². The third-order valence-electron chi connectivity index (χ3n) is 6.62. The number of aryl methyl sites for hydroxylation is 1. The van der Waals surface area contributed by atoms with Crippen LogP contribution in [0.5, 0.6) is 0 Å². The zero-order chi connectivity index (χ0) is 29.4. The lowest BCUT2D eigenvalue weighted by Crippen LogP contribution is -2.54. The number of carbonyl (C=O) groups is 2. The van der Waals surface area contributed by atoms with Crippen molar-refractivity contribution in [3.05, 3.63) is 100 Å². The maximum Gasteiger partial charge on any atom is 0.244 e. The molecule has 40 heavy (non-hydrogen) atoms. The molecule has 0 spiro atoms. The molecule has 0 saturated heterocycles. The van der Waals surface area contributed by atoms with Crippen molar-refractivity contribution in [2.45, 2.75) is 52.2 Å². The van der Waals surface area contributed by atoms with Crippen molar-refractivity contribution in [1.82, 2.24) is 10.2 Å². The van der Waals surface area contributed by atoms with Crippen LogP contribution in [-0.4, -0.2) is 50.0 Å². The van der Waals surface area contributed by atoms with E-state index < -0.39 is 34.3 Å². The summed E-state index contributed by atoms with van der Waals surface area (Å²) >= 11 is 5.93. The molecule has 0 heterocycles. The fraction of sp³-hybridized carbons (Fsp3) is 0.333. The van der Waals surface area contributed by atoms with Gasteiger partial charge in [-0.1, -0.05) is 78.7 Å². The predicted octanol–water partition coefficient (Wildman–Crippen LogP) is 5.11. The second-order valence-electron chi connectivity index (χ2n) is 9.90. The van der Waals surface area contributed by atoms with E-state index in [-0.39, 0.29) is 35.6 Å². The van der Waals surface area contributed by atoms with E-state index in [0.717, 1.165) is 39.4 Å². The maximum atomic E-state index is 14.0. The molecule has 0 aliphatic heterocycles. The lowest BCUT2D eigenvalue weighted by molar-refractivity contribution is -0.140. The number of halogens is 2. The molecule has 0 aliphatic rings. The van der Waals surface area contributed by atoms with Crippen molar-refractivity contribution < 1.29 is 22.4 Å². The first kappa shape index (κ1) is 31.1. The maximum absolute atomic E-state index is 14.0. The van der Waals surface area contributed by atoms with Crippen LogP contribution >= 0.6 is 11.6 Å². The summed E-state index contributed by atoms with van der Waals surface area (Å²) in [6, 6.07) is 19.3. The summed E-state index contributed by atoms with van der Waals surface area (Å²) in [6.07, 6.45) is 1.88. The molecule has 3 aromatic carbocycles. The van der Waals surface area contributed by atoms with Crippen molar-refractivity contribution in [3.63, 3.8) is 0 Å². The van der Waals surface area contributed by atoms with Crippen LogP contribution in [0.4, 0.5) is 10.1 Å². The number of hydrogen-bond donors (Lipinski definition) is 1. The Hall–Kier alpha value is -3.43. The number of amides is 2. The van der Waals surface area contributed by atoms with Crippen LogP contribution in [0.1, 0.15) is 37.0 Å². The first-order valence-electron chi connectivity index (χ1n) is 13.0. The molecule has 1 N–H and O–H groups in total. The van der Waals surface area contributed by atoms with E-state index in [1.807, 2.05) is 75.4 Å². The monoisotopic (exact) mass is 587 g/mol. The molecule has 0 aliphatic carbocycles. The van der Waals surface area contributed by atoms with Gasteiger partial charge in [-0.2, -0.15) is 0 Å². The summed E-state index contributed by atoms with van der Waals surface area (Å²) in [5, 5.41) is 2.71. The van der Waals surface area contributed by atoms with Gasteiger partial charge in [0, 0.05) is 19.0 Å². The Labute approximate surface area is 241 Å². The number of anilines is 1. The van der Waals surface area contributed by atoms with E-state index in [0.29, 0.717) is 6.42 Å². The van der Waals surface area contributed by atoms with Crippen LogP contribution < -0.4 is 9.62 Å². The smallest absolute Gasteiger partial charge is 0.244 e. The normalized spacial score (nSPS) is 12.8. The minimum atomic E-state index is -3.98. The fourth-order valence-electron chi connectivity index (χ4n) is 4.14. The second-order valence-corrected chi connectivity index (χ2v) is 12.2. The Morgan fingerprint density at radius 3 is 2.23 bits per heavy atom. The Kier molecular flexibility index (Phi) is 10.7. The summed E-state index contributed by atoms with van der Waals surface area (Å²) in [7, 11) is -3.98. The molecule has 0 fully saturated rings. The molecule has 0 radical (unpaired) electrons. The molecule has 3 rings (SSSR count). The summed E-state index contributed by atoms with van der Waals surface area (Å²) in [5.74, 6) is -1.64. The number of rotatable bonds is 12. The van der Waals surface area contributed by atoms with E-state index in [4.69, 9.17) is 11.6 Å². The van der Waals surface area contributed by atoms with Crippen LogP contribution in [0.2, 0.25) is 5.02 Å². The van der Waals surface area contributed by atoms with Gasteiger partial charge in [-0.15, -0.1) is 0 Å². The standard InChI is InChI=1S/C30H35ClFN3O4S/c1-5-22(3)33-30(37)28(17-23-9-7-6-8-10-23)34(19-24-13-11-21(2)12-14-24)29(36)20-35(40(4,38)39)25-15-16-27(32)26(31)18-25/h6-16,18,22,28H,5,17,19-20H2,1-4H3,(H,33,37)/t22-,28+/m1/s1. The summed E-state index contributed by atoms with van der Waals surface area (Å²) in [5.41, 5.74) is 2.71. The second kappa shape index (κ2) is 13.8. The van der Waals surface area contributed by atoms with Gasteiger partial charge in [-0.3, -0.25) is 13.9 Å². The van der Waals surface area contributed by atoms with E-state index in [2.05, 4.69) is 5.32 Å². The van der Waals surface area contributed by atoms with Crippen LogP contribution in [0.25, 0.3) is 0 Å². The minimum Gasteiger partial charge on any atom is -0.352 e. The molecular formula is C30H35ClFN3O4S. The SMILES string of the molecule is CC[C@@H](C)NC(=O)[C@H](Cc1ccccc1)N(Cc1ccc(C)cc1)C(=O)CN(c1ccc(F)c(Cl)c1)S(C)(=O)=O. The summed E-state index contributed by atoms with van der Waals surface area (Å²) in [4.78, 5) is 29.1. The van der Waals surface area contributed by atoms with Gasteiger partial charge in [0.1, 0.15) is 18.4 Å². The number of sulfonamides is 1. The van der Waals surface area contributed by atoms with Crippen LogP contribution in [-0.2, 0) is 32.6 Å². The molecule has 0 aromatic heterocycles. The highest BCUT2D eigenvalue weighted by molar-refractivity contribution is 7.92. The highest BCUT2D eigenvalue weighted by atomic mass is 35.5. The summed E-state index contributed by atoms with van der Waals surface area (Å²) < 4.78 is 40.3. The number of benzene rings is 3. The van der Waals surface area contributed by atoms with Gasteiger partial charge in [-0.05, 0) is 49.6 Å². The highest BCUT2D eigenvalue weighted by Gasteiger charge is 2.33. The van der Waals surface area contributed by atoms with Gasteiger partial charge < -0.3 is 10.2 Å². The Morgan fingerprint density at radius 1 is 1.00 bits per heavy atom. The first-order valence-corrected chi connectivity index (χ1v) is 15.2. The molecule has 0 bridgehead atoms. The van der Waals surface area contributed by atoms with Gasteiger partial charge in [0.2, 0.25) is 21.8 Å². The molecule has 2 atom stereocenters. The van der Waals surface area contributed by atoms with Crippen molar-refractivity contribution in [2.75, 3.05) is 17.1 Å². The van der Waals surface area contributed by atoms with Crippen LogP contribution in [0.15, 0.2) is 72.8 Å². The van der Waals surface area contributed by atoms with Crippen molar-refractivity contribution >= 4 is 39.1 Å². The van der Waals surface area contributed by atoms with Crippen LogP contribution in [0.3, 0.4) is 0 Å².